The van der Waals surface area contributed by atoms with Crippen LogP contribution in [0.15, 0.2) is 48.5 Å². The van der Waals surface area contributed by atoms with Crippen LogP contribution in [0.2, 0.25) is 0 Å². The van der Waals surface area contributed by atoms with Crippen molar-refractivity contribution in [2.75, 3.05) is 6.79 Å². The van der Waals surface area contributed by atoms with Gasteiger partial charge in [-0.1, -0.05) is 0 Å². The van der Waals surface area contributed by atoms with E-state index in [0.717, 1.165) is 28.3 Å². The van der Waals surface area contributed by atoms with Gasteiger partial charge in [-0.25, -0.2) is 0 Å². The zero-order valence-corrected chi connectivity index (χ0v) is 11.9. The molecule has 0 aliphatic carbocycles. The molecule has 0 saturated carbocycles. The lowest BCUT2D eigenvalue weighted by Crippen LogP contribution is -1.92. The molecular formula is C16H11N3O4. The third-order valence-corrected chi connectivity index (χ3v) is 3.64. The number of nitrogens with zero attached hydrogens (tertiary/aromatic N) is 2. The average molecular weight is 309 g/mol. The zero-order valence-electron chi connectivity index (χ0n) is 11.9. The molecule has 1 aliphatic rings. The molecule has 0 saturated heterocycles. The third-order valence-electron chi connectivity index (χ3n) is 3.64. The van der Waals surface area contributed by atoms with Gasteiger partial charge in [0.05, 0.1) is 16.3 Å². The summed E-state index contributed by atoms with van der Waals surface area (Å²) in [7, 11) is 0. The summed E-state index contributed by atoms with van der Waals surface area (Å²) in [6.07, 6.45) is 0. The van der Waals surface area contributed by atoms with E-state index in [1.807, 2.05) is 24.3 Å². The SMILES string of the molecule is O=[N+]([O-])c1ccc(-c2cc(-c3ccc4c(c3)OCO4)n[nH]2)cc1. The van der Waals surface area contributed by atoms with Crippen LogP contribution < -0.4 is 9.47 Å². The molecule has 1 N–H and O–H groups in total. The topological polar surface area (TPSA) is 90.3 Å². The average Bonchev–Trinajstić information content (AvgIpc) is 3.23. The summed E-state index contributed by atoms with van der Waals surface area (Å²) in [6.45, 7) is 0.230. The molecule has 2 heterocycles. The van der Waals surface area contributed by atoms with Crippen molar-refractivity contribution in [1.29, 1.82) is 0 Å². The number of aromatic amines is 1. The third kappa shape index (κ3) is 2.38. The maximum atomic E-state index is 10.7. The second-order valence-electron chi connectivity index (χ2n) is 5.04. The van der Waals surface area contributed by atoms with Crippen molar-refractivity contribution in [3.63, 3.8) is 0 Å². The lowest BCUT2D eigenvalue weighted by atomic mass is 10.1. The number of nitro groups is 1. The molecule has 0 unspecified atom stereocenters. The number of nitro benzene ring substituents is 1. The number of non-ortho nitro benzene ring substituents is 1. The molecule has 2 aromatic carbocycles. The number of hydrogen-bond acceptors (Lipinski definition) is 5. The van der Waals surface area contributed by atoms with Crippen molar-refractivity contribution in [2.24, 2.45) is 0 Å². The van der Waals surface area contributed by atoms with Gasteiger partial charge in [0.15, 0.2) is 11.5 Å². The number of benzene rings is 2. The first-order chi connectivity index (χ1) is 11.2. The van der Waals surface area contributed by atoms with Crippen LogP contribution >= 0.6 is 0 Å². The van der Waals surface area contributed by atoms with Crippen LogP contribution in [0.4, 0.5) is 5.69 Å². The van der Waals surface area contributed by atoms with E-state index in [1.54, 1.807) is 12.1 Å². The maximum absolute atomic E-state index is 10.7. The molecule has 3 aromatic rings. The Morgan fingerprint density at radius 1 is 1.00 bits per heavy atom. The van der Waals surface area contributed by atoms with E-state index in [9.17, 15) is 10.1 Å². The molecule has 0 fully saturated rings. The normalized spacial score (nSPS) is 12.3. The Bertz CT molecular complexity index is 887. The number of ether oxygens (including phenoxy) is 2. The number of H-pyrrole nitrogens is 1. The van der Waals surface area contributed by atoms with Crippen molar-refractivity contribution in [3.05, 3.63) is 58.6 Å². The predicted octanol–water partition coefficient (Wildman–Crippen LogP) is 3.38. The van der Waals surface area contributed by atoms with Crippen molar-refractivity contribution in [3.8, 4) is 34.0 Å². The first kappa shape index (κ1) is 13.3. The second-order valence-corrected chi connectivity index (χ2v) is 5.04. The van der Waals surface area contributed by atoms with Crippen LogP contribution in [0.1, 0.15) is 0 Å². The summed E-state index contributed by atoms with van der Waals surface area (Å²) in [5, 5.41) is 17.9. The molecule has 0 atom stereocenters. The van der Waals surface area contributed by atoms with E-state index in [0.29, 0.717) is 5.75 Å². The fourth-order valence-electron chi connectivity index (χ4n) is 2.44. The Morgan fingerprint density at radius 2 is 1.74 bits per heavy atom. The largest absolute Gasteiger partial charge is 0.454 e. The molecule has 7 nitrogen and oxygen atoms in total. The standard InChI is InChI=1S/C16H11N3O4/c20-19(21)12-4-1-10(2-5-12)13-8-14(18-17-13)11-3-6-15-16(7-11)23-9-22-15/h1-8H,9H2,(H,17,18). The molecule has 7 heteroatoms. The van der Waals surface area contributed by atoms with Crippen LogP contribution in [-0.2, 0) is 0 Å². The molecule has 0 radical (unpaired) electrons. The summed E-state index contributed by atoms with van der Waals surface area (Å²) in [4.78, 5) is 10.3. The molecule has 23 heavy (non-hydrogen) atoms. The lowest BCUT2D eigenvalue weighted by Gasteiger charge is -1.99. The first-order valence-corrected chi connectivity index (χ1v) is 6.91. The quantitative estimate of drug-likeness (QED) is 0.591. The van der Waals surface area contributed by atoms with Gasteiger partial charge in [-0.05, 0) is 36.4 Å². The van der Waals surface area contributed by atoms with Gasteiger partial charge in [-0.3, -0.25) is 15.2 Å². The lowest BCUT2D eigenvalue weighted by molar-refractivity contribution is -0.384. The highest BCUT2D eigenvalue weighted by molar-refractivity contribution is 5.70. The molecule has 4 rings (SSSR count). The van der Waals surface area contributed by atoms with E-state index < -0.39 is 4.92 Å². The first-order valence-electron chi connectivity index (χ1n) is 6.91. The minimum atomic E-state index is -0.422. The summed E-state index contributed by atoms with van der Waals surface area (Å²) >= 11 is 0. The van der Waals surface area contributed by atoms with Gasteiger partial charge < -0.3 is 9.47 Å². The predicted molar refractivity (Wildman–Crippen MR) is 82.2 cm³/mol. The number of fused-ring (bicyclic) bond motifs is 1. The monoisotopic (exact) mass is 309 g/mol. The minimum absolute atomic E-state index is 0.0595. The van der Waals surface area contributed by atoms with Gasteiger partial charge in [0.1, 0.15) is 0 Å². The van der Waals surface area contributed by atoms with E-state index >= 15 is 0 Å². The molecule has 0 spiro atoms. The van der Waals surface area contributed by atoms with Crippen molar-refractivity contribution in [1.82, 2.24) is 10.2 Å². The van der Waals surface area contributed by atoms with Crippen molar-refractivity contribution in [2.45, 2.75) is 0 Å². The summed E-state index contributed by atoms with van der Waals surface area (Å²) in [6, 6.07) is 13.8. The van der Waals surface area contributed by atoms with E-state index in [2.05, 4.69) is 10.2 Å². The maximum Gasteiger partial charge on any atom is 0.269 e. The minimum Gasteiger partial charge on any atom is -0.454 e. The Labute approximate surface area is 130 Å². The highest BCUT2D eigenvalue weighted by atomic mass is 16.7. The summed E-state index contributed by atoms with van der Waals surface area (Å²) in [5.74, 6) is 1.42. The van der Waals surface area contributed by atoms with Crippen LogP contribution in [0.3, 0.4) is 0 Å². The number of rotatable bonds is 3. The highest BCUT2D eigenvalue weighted by Crippen LogP contribution is 2.36. The number of aromatic nitrogens is 2. The van der Waals surface area contributed by atoms with Gasteiger partial charge in [0, 0.05) is 23.3 Å². The highest BCUT2D eigenvalue weighted by Gasteiger charge is 2.15. The summed E-state index contributed by atoms with van der Waals surface area (Å²) < 4.78 is 10.7. The van der Waals surface area contributed by atoms with E-state index in [-0.39, 0.29) is 12.5 Å². The fourth-order valence-corrected chi connectivity index (χ4v) is 2.44. The Hall–Kier alpha value is -3.35. The van der Waals surface area contributed by atoms with Gasteiger partial charge in [-0.15, -0.1) is 0 Å². The molecular weight excluding hydrogens is 298 g/mol. The smallest absolute Gasteiger partial charge is 0.269 e. The van der Waals surface area contributed by atoms with Gasteiger partial charge in [-0.2, -0.15) is 5.10 Å². The van der Waals surface area contributed by atoms with Crippen LogP contribution in [0.5, 0.6) is 11.5 Å². The molecule has 0 bridgehead atoms. The van der Waals surface area contributed by atoms with Crippen molar-refractivity contribution >= 4 is 5.69 Å². The van der Waals surface area contributed by atoms with E-state index in [1.165, 1.54) is 12.1 Å². The summed E-state index contributed by atoms with van der Waals surface area (Å²) in [5.41, 5.74) is 3.34. The van der Waals surface area contributed by atoms with Crippen LogP contribution in [-0.4, -0.2) is 21.9 Å². The Kier molecular flexibility index (Phi) is 2.97. The Morgan fingerprint density at radius 3 is 2.52 bits per heavy atom. The van der Waals surface area contributed by atoms with Gasteiger partial charge in [0.2, 0.25) is 6.79 Å². The number of nitrogens with one attached hydrogen (secondary N) is 1. The van der Waals surface area contributed by atoms with Gasteiger partial charge >= 0.3 is 0 Å². The second kappa shape index (κ2) is 5.13. The molecule has 114 valence electrons. The Balaban J connectivity index is 1.65. The van der Waals surface area contributed by atoms with E-state index in [4.69, 9.17) is 9.47 Å². The molecule has 1 aromatic heterocycles. The van der Waals surface area contributed by atoms with Crippen LogP contribution in [0.25, 0.3) is 22.5 Å². The molecule has 0 amide bonds. The van der Waals surface area contributed by atoms with Crippen molar-refractivity contribution < 1.29 is 14.4 Å². The zero-order chi connectivity index (χ0) is 15.8. The van der Waals surface area contributed by atoms with Gasteiger partial charge in [0.25, 0.3) is 5.69 Å². The molecule has 1 aliphatic heterocycles. The fraction of sp³-hybridized carbons (Fsp3) is 0.0625. The number of hydrogen-bond donors (Lipinski definition) is 1. The van der Waals surface area contributed by atoms with Crippen LogP contribution in [0, 0.1) is 10.1 Å².